The number of benzene rings is 1. The van der Waals surface area contributed by atoms with Crippen LogP contribution in [0.2, 0.25) is 0 Å². The van der Waals surface area contributed by atoms with Crippen LogP contribution in [0.15, 0.2) is 24.3 Å². The lowest BCUT2D eigenvalue weighted by molar-refractivity contribution is -0.142. The molecule has 4 N–H and O–H groups in total. The third-order valence-corrected chi connectivity index (χ3v) is 4.68. The Morgan fingerprint density at radius 1 is 1.06 bits per heavy atom. The van der Waals surface area contributed by atoms with E-state index in [1.54, 1.807) is 39.8 Å². The van der Waals surface area contributed by atoms with Crippen LogP contribution < -0.4 is 16.4 Å². The summed E-state index contributed by atoms with van der Waals surface area (Å²) < 4.78 is 5.28. The fraction of sp³-hybridized carbons (Fsp3) is 0.583. The van der Waals surface area contributed by atoms with Crippen molar-refractivity contribution in [2.75, 3.05) is 6.54 Å². The number of rotatable bonds is 10. The Hall–Kier alpha value is -3.10. The van der Waals surface area contributed by atoms with Crippen molar-refractivity contribution >= 4 is 23.8 Å². The van der Waals surface area contributed by atoms with E-state index < -0.39 is 35.6 Å². The maximum absolute atomic E-state index is 13.6. The van der Waals surface area contributed by atoms with Gasteiger partial charge in [0, 0.05) is 19.0 Å². The number of aryl methyl sites for hydroxylation is 1. The monoisotopic (exact) mass is 462 g/mol. The van der Waals surface area contributed by atoms with Crippen molar-refractivity contribution in [1.29, 1.82) is 0 Å². The number of ether oxygens (including phenoxy) is 1. The molecule has 0 bridgehead atoms. The van der Waals surface area contributed by atoms with Crippen molar-refractivity contribution in [2.24, 2.45) is 5.73 Å². The number of alkyl carbamates (subject to hydrolysis) is 1. The zero-order chi connectivity index (χ0) is 25.3. The van der Waals surface area contributed by atoms with Gasteiger partial charge in [-0.1, -0.05) is 29.8 Å². The average molecular weight is 463 g/mol. The van der Waals surface area contributed by atoms with Crippen LogP contribution in [0.1, 0.15) is 71.6 Å². The van der Waals surface area contributed by atoms with Gasteiger partial charge in [-0.15, -0.1) is 0 Å². The third-order valence-electron chi connectivity index (χ3n) is 4.68. The van der Waals surface area contributed by atoms with Gasteiger partial charge in [0.1, 0.15) is 17.7 Å². The number of nitrogens with zero attached hydrogens (tertiary/aromatic N) is 1. The lowest BCUT2D eigenvalue weighted by Gasteiger charge is -2.34. The van der Waals surface area contributed by atoms with Crippen LogP contribution in [0.4, 0.5) is 4.79 Å². The van der Waals surface area contributed by atoms with Crippen LogP contribution in [-0.2, 0) is 19.1 Å². The second-order valence-electron chi connectivity index (χ2n) is 9.30. The molecule has 1 aromatic rings. The molecule has 0 fully saturated rings. The smallest absolute Gasteiger partial charge is 0.408 e. The highest BCUT2D eigenvalue weighted by atomic mass is 16.6. The normalized spacial score (nSPS) is 13.1. The summed E-state index contributed by atoms with van der Waals surface area (Å²) in [4.78, 5) is 51.9. The fourth-order valence-electron chi connectivity index (χ4n) is 3.24. The maximum atomic E-state index is 13.6. The Morgan fingerprint density at radius 2 is 1.64 bits per heavy atom. The van der Waals surface area contributed by atoms with E-state index in [1.807, 2.05) is 32.9 Å². The largest absolute Gasteiger partial charge is 0.444 e. The Morgan fingerprint density at radius 3 is 2.09 bits per heavy atom. The van der Waals surface area contributed by atoms with E-state index in [1.165, 1.54) is 4.90 Å². The molecular weight excluding hydrogens is 424 g/mol. The van der Waals surface area contributed by atoms with E-state index in [9.17, 15) is 19.2 Å². The summed E-state index contributed by atoms with van der Waals surface area (Å²) in [6.45, 7) is 12.7. The predicted octanol–water partition coefficient (Wildman–Crippen LogP) is 2.57. The standard InChI is InChI=1S/C24H38N4O5/c1-8-28(20(21(30)26-15(2)3)17-11-9-16(4)10-12-17)22(31)18(13-14-19(25)29)27-23(32)33-24(5,6)7/h9-12,15,18,20H,8,13-14H2,1-7H3,(H2,25,29)(H,26,30)(H,27,32). The fourth-order valence-corrected chi connectivity index (χ4v) is 3.24. The molecule has 0 heterocycles. The van der Waals surface area contributed by atoms with E-state index in [0.29, 0.717) is 5.56 Å². The lowest BCUT2D eigenvalue weighted by atomic mass is 10.0. The molecule has 0 aliphatic rings. The second-order valence-corrected chi connectivity index (χ2v) is 9.30. The number of carbonyl (C=O) groups excluding carboxylic acids is 4. The van der Waals surface area contributed by atoms with Crippen molar-refractivity contribution in [1.82, 2.24) is 15.5 Å². The molecular formula is C24H38N4O5. The number of nitrogens with two attached hydrogens (primary N) is 1. The summed E-state index contributed by atoms with van der Waals surface area (Å²) in [5, 5.41) is 5.41. The molecule has 0 saturated carbocycles. The SMILES string of the molecule is CCN(C(=O)C(CCC(N)=O)NC(=O)OC(C)(C)C)C(C(=O)NC(C)C)c1ccc(C)cc1. The predicted molar refractivity (Wildman–Crippen MR) is 126 cm³/mol. The zero-order valence-corrected chi connectivity index (χ0v) is 20.7. The molecule has 0 spiro atoms. The minimum absolute atomic E-state index is 0.0175. The van der Waals surface area contributed by atoms with Crippen molar-refractivity contribution in [2.45, 2.75) is 85.0 Å². The van der Waals surface area contributed by atoms with Crippen LogP contribution >= 0.6 is 0 Å². The van der Waals surface area contributed by atoms with Gasteiger partial charge in [0.2, 0.25) is 17.7 Å². The number of likely N-dealkylation sites (N-methyl/N-ethyl adjacent to an activating group) is 1. The maximum Gasteiger partial charge on any atom is 0.408 e. The van der Waals surface area contributed by atoms with E-state index >= 15 is 0 Å². The first-order chi connectivity index (χ1) is 15.2. The van der Waals surface area contributed by atoms with Gasteiger partial charge in [0.05, 0.1) is 0 Å². The van der Waals surface area contributed by atoms with Crippen molar-refractivity contribution < 1.29 is 23.9 Å². The molecule has 184 valence electrons. The van der Waals surface area contributed by atoms with Crippen LogP contribution in [0.3, 0.4) is 0 Å². The zero-order valence-electron chi connectivity index (χ0n) is 20.7. The molecule has 2 atom stereocenters. The first kappa shape index (κ1) is 27.9. The van der Waals surface area contributed by atoms with E-state index in [2.05, 4.69) is 10.6 Å². The Kier molecular flexibility index (Phi) is 10.3. The number of amides is 4. The molecule has 0 saturated heterocycles. The van der Waals surface area contributed by atoms with Gasteiger partial charge in [-0.25, -0.2) is 4.79 Å². The lowest BCUT2D eigenvalue weighted by Crippen LogP contribution is -2.53. The molecule has 2 unspecified atom stereocenters. The van der Waals surface area contributed by atoms with Gasteiger partial charge < -0.3 is 26.0 Å². The number of primary amides is 1. The Labute approximate surface area is 196 Å². The minimum atomic E-state index is -1.09. The summed E-state index contributed by atoms with van der Waals surface area (Å²) in [5.41, 5.74) is 6.16. The van der Waals surface area contributed by atoms with E-state index in [4.69, 9.17) is 10.5 Å². The number of carbonyl (C=O) groups is 4. The summed E-state index contributed by atoms with van der Waals surface area (Å²) >= 11 is 0. The summed E-state index contributed by atoms with van der Waals surface area (Å²) in [7, 11) is 0. The highest BCUT2D eigenvalue weighted by molar-refractivity contribution is 5.92. The van der Waals surface area contributed by atoms with Gasteiger partial charge in [-0.05, 0) is 60.5 Å². The molecule has 33 heavy (non-hydrogen) atoms. The van der Waals surface area contributed by atoms with Gasteiger partial charge in [-0.3, -0.25) is 14.4 Å². The van der Waals surface area contributed by atoms with Crippen molar-refractivity contribution in [3.8, 4) is 0 Å². The number of hydrogen-bond donors (Lipinski definition) is 3. The van der Waals surface area contributed by atoms with Gasteiger partial charge in [0.25, 0.3) is 0 Å². The highest BCUT2D eigenvalue weighted by Crippen LogP contribution is 2.24. The molecule has 0 aromatic heterocycles. The van der Waals surface area contributed by atoms with Crippen molar-refractivity contribution in [3.63, 3.8) is 0 Å². The molecule has 4 amide bonds. The minimum Gasteiger partial charge on any atom is -0.444 e. The average Bonchev–Trinajstić information content (AvgIpc) is 2.67. The van der Waals surface area contributed by atoms with Crippen LogP contribution in [0.25, 0.3) is 0 Å². The molecule has 9 heteroatoms. The summed E-state index contributed by atoms with van der Waals surface area (Å²) in [6.07, 6.45) is -0.923. The van der Waals surface area contributed by atoms with Crippen LogP contribution in [-0.4, -0.2) is 52.9 Å². The van der Waals surface area contributed by atoms with Crippen LogP contribution in [0.5, 0.6) is 0 Å². The third kappa shape index (κ3) is 9.51. The molecule has 0 aliphatic heterocycles. The summed E-state index contributed by atoms with van der Waals surface area (Å²) in [5.74, 6) is -1.45. The molecule has 1 aromatic carbocycles. The summed E-state index contributed by atoms with van der Waals surface area (Å²) in [6, 6.07) is 5.20. The first-order valence-corrected chi connectivity index (χ1v) is 11.2. The molecule has 0 radical (unpaired) electrons. The van der Waals surface area contributed by atoms with E-state index in [0.717, 1.165) is 5.56 Å². The Bertz CT molecular complexity index is 830. The molecule has 0 aliphatic carbocycles. The van der Waals surface area contributed by atoms with Crippen molar-refractivity contribution in [3.05, 3.63) is 35.4 Å². The second kappa shape index (κ2) is 12.2. The first-order valence-electron chi connectivity index (χ1n) is 11.2. The van der Waals surface area contributed by atoms with Gasteiger partial charge >= 0.3 is 6.09 Å². The highest BCUT2D eigenvalue weighted by Gasteiger charge is 2.35. The molecule has 9 nitrogen and oxygen atoms in total. The quantitative estimate of drug-likeness (QED) is 0.492. The van der Waals surface area contributed by atoms with Crippen LogP contribution in [0, 0.1) is 6.92 Å². The van der Waals surface area contributed by atoms with Gasteiger partial charge in [-0.2, -0.15) is 0 Å². The number of nitrogens with one attached hydrogen (secondary N) is 2. The topological polar surface area (TPSA) is 131 Å². The van der Waals surface area contributed by atoms with E-state index in [-0.39, 0.29) is 31.3 Å². The van der Waals surface area contributed by atoms with Gasteiger partial charge in [0.15, 0.2) is 0 Å². The number of hydrogen-bond acceptors (Lipinski definition) is 5. The Balaban J connectivity index is 3.32. The molecule has 1 rings (SSSR count).